The number of carbonyl (C=O) groups is 1. The van der Waals surface area contributed by atoms with E-state index in [1.165, 1.54) is 0 Å². The lowest BCUT2D eigenvalue weighted by Gasteiger charge is -2.23. The van der Waals surface area contributed by atoms with Crippen LogP contribution in [0.3, 0.4) is 0 Å². The Bertz CT molecular complexity index is 667. The van der Waals surface area contributed by atoms with Crippen LogP contribution in [0.15, 0.2) is 42.5 Å². The maximum absolute atomic E-state index is 12.7. The normalized spacial score (nSPS) is 12.6. The van der Waals surface area contributed by atoms with Crippen molar-refractivity contribution in [2.24, 2.45) is 0 Å². The Morgan fingerprint density at radius 3 is 2.59 bits per heavy atom. The van der Waals surface area contributed by atoms with Crippen molar-refractivity contribution >= 4 is 11.6 Å². The third-order valence-electron chi connectivity index (χ3n) is 3.52. The number of para-hydroxylation sites is 1. The molecule has 22 heavy (non-hydrogen) atoms. The van der Waals surface area contributed by atoms with Crippen LogP contribution in [-0.4, -0.2) is 33.3 Å². The van der Waals surface area contributed by atoms with Gasteiger partial charge in [-0.2, -0.15) is 0 Å². The van der Waals surface area contributed by atoms with Gasteiger partial charge in [0, 0.05) is 18.3 Å². The monoisotopic (exact) mass is 299 g/mol. The Hall–Kier alpha value is -2.69. The van der Waals surface area contributed by atoms with Crippen LogP contribution in [0.4, 0.5) is 5.69 Å². The van der Waals surface area contributed by atoms with Gasteiger partial charge in [-0.1, -0.05) is 18.2 Å². The van der Waals surface area contributed by atoms with Crippen LogP contribution in [0.1, 0.15) is 10.4 Å². The molecule has 0 aliphatic carbocycles. The number of ether oxygens (including phenoxy) is 3. The number of hydrogen-bond acceptors (Lipinski definition) is 4. The van der Waals surface area contributed by atoms with Gasteiger partial charge in [-0.15, -0.1) is 0 Å². The van der Waals surface area contributed by atoms with Crippen molar-refractivity contribution in [3.63, 3.8) is 0 Å². The molecule has 2 aromatic rings. The van der Waals surface area contributed by atoms with Crippen LogP contribution in [0.5, 0.6) is 17.2 Å². The third-order valence-corrected chi connectivity index (χ3v) is 3.52. The minimum atomic E-state index is -0.138. The van der Waals surface area contributed by atoms with Crippen molar-refractivity contribution in [3.8, 4) is 17.2 Å². The molecule has 3 rings (SSSR count). The summed E-state index contributed by atoms with van der Waals surface area (Å²) in [5.74, 6) is 1.45. The van der Waals surface area contributed by atoms with Crippen molar-refractivity contribution in [1.29, 1.82) is 0 Å². The summed E-state index contributed by atoms with van der Waals surface area (Å²) in [6, 6.07) is 12.8. The van der Waals surface area contributed by atoms with Gasteiger partial charge >= 0.3 is 0 Å². The van der Waals surface area contributed by atoms with Crippen LogP contribution in [0.2, 0.25) is 0 Å². The van der Waals surface area contributed by atoms with Crippen LogP contribution in [0.25, 0.3) is 0 Å². The maximum atomic E-state index is 12.7. The topological polar surface area (TPSA) is 48.0 Å². The first-order chi connectivity index (χ1) is 10.7. The van der Waals surface area contributed by atoms with E-state index in [0.29, 0.717) is 36.0 Å². The van der Waals surface area contributed by atoms with Gasteiger partial charge in [0.05, 0.1) is 7.11 Å². The van der Waals surface area contributed by atoms with Gasteiger partial charge in [0.15, 0.2) is 11.5 Å². The predicted octanol–water partition coefficient (Wildman–Crippen LogP) is 2.74. The van der Waals surface area contributed by atoms with E-state index in [0.717, 1.165) is 5.69 Å². The summed E-state index contributed by atoms with van der Waals surface area (Å²) in [5.41, 5.74) is 1.31. The SMILES string of the molecule is COc1cc(C(=O)N(C)c2ccccc2)cc2c1OCCO2. The van der Waals surface area contributed by atoms with Crippen molar-refractivity contribution in [1.82, 2.24) is 0 Å². The van der Waals surface area contributed by atoms with Crippen LogP contribution in [0, 0.1) is 0 Å². The number of anilines is 1. The number of rotatable bonds is 3. The third kappa shape index (κ3) is 2.57. The molecule has 5 nitrogen and oxygen atoms in total. The summed E-state index contributed by atoms with van der Waals surface area (Å²) < 4.78 is 16.4. The molecule has 1 aliphatic heterocycles. The molecule has 0 saturated heterocycles. The number of methoxy groups -OCH3 is 1. The molecule has 0 saturated carbocycles. The van der Waals surface area contributed by atoms with Crippen LogP contribution < -0.4 is 19.1 Å². The molecular formula is C17H17NO4. The number of hydrogen-bond donors (Lipinski definition) is 0. The average molecular weight is 299 g/mol. The fourth-order valence-corrected chi connectivity index (χ4v) is 2.36. The van der Waals surface area contributed by atoms with Gasteiger partial charge < -0.3 is 19.1 Å². The Morgan fingerprint density at radius 1 is 1.14 bits per heavy atom. The Kier molecular flexibility index (Phi) is 3.87. The minimum absolute atomic E-state index is 0.138. The molecule has 0 N–H and O–H groups in total. The van der Waals surface area contributed by atoms with E-state index in [1.54, 1.807) is 31.2 Å². The predicted molar refractivity (Wildman–Crippen MR) is 83.2 cm³/mol. The maximum Gasteiger partial charge on any atom is 0.258 e. The van der Waals surface area contributed by atoms with E-state index < -0.39 is 0 Å². The van der Waals surface area contributed by atoms with Crippen LogP contribution >= 0.6 is 0 Å². The average Bonchev–Trinajstić information content (AvgIpc) is 2.60. The molecule has 1 amide bonds. The number of fused-ring (bicyclic) bond motifs is 1. The second-order valence-corrected chi connectivity index (χ2v) is 4.90. The Morgan fingerprint density at radius 2 is 1.86 bits per heavy atom. The summed E-state index contributed by atoms with van der Waals surface area (Å²) >= 11 is 0. The van der Waals surface area contributed by atoms with Gasteiger partial charge in [0.25, 0.3) is 5.91 Å². The summed E-state index contributed by atoms with van der Waals surface area (Å²) in [5, 5.41) is 0. The molecule has 0 aromatic heterocycles. The largest absolute Gasteiger partial charge is 0.493 e. The lowest BCUT2D eigenvalue weighted by atomic mass is 10.1. The zero-order valence-corrected chi connectivity index (χ0v) is 12.5. The second-order valence-electron chi connectivity index (χ2n) is 4.90. The molecule has 1 aliphatic rings. The van der Waals surface area contributed by atoms with Gasteiger partial charge in [0.1, 0.15) is 13.2 Å². The summed E-state index contributed by atoms with van der Waals surface area (Å²) in [6.07, 6.45) is 0. The zero-order valence-electron chi connectivity index (χ0n) is 12.5. The van der Waals surface area contributed by atoms with E-state index >= 15 is 0 Å². The highest BCUT2D eigenvalue weighted by atomic mass is 16.6. The number of amides is 1. The zero-order chi connectivity index (χ0) is 15.5. The quantitative estimate of drug-likeness (QED) is 0.874. The van der Waals surface area contributed by atoms with Gasteiger partial charge in [-0.25, -0.2) is 0 Å². The highest BCUT2D eigenvalue weighted by molar-refractivity contribution is 6.06. The fraction of sp³-hybridized carbons (Fsp3) is 0.235. The standard InChI is InChI=1S/C17H17NO4/c1-18(13-6-4-3-5-7-13)17(19)12-10-14(20-2)16-15(11-12)21-8-9-22-16/h3-7,10-11H,8-9H2,1-2H3. The lowest BCUT2D eigenvalue weighted by Crippen LogP contribution is -2.26. The highest BCUT2D eigenvalue weighted by Gasteiger charge is 2.22. The van der Waals surface area contributed by atoms with Crippen LogP contribution in [-0.2, 0) is 0 Å². The minimum Gasteiger partial charge on any atom is -0.493 e. The summed E-state index contributed by atoms with van der Waals surface area (Å²) in [6.45, 7) is 0.933. The molecule has 114 valence electrons. The molecule has 0 bridgehead atoms. The fourth-order valence-electron chi connectivity index (χ4n) is 2.36. The molecule has 0 radical (unpaired) electrons. The summed E-state index contributed by atoms with van der Waals surface area (Å²) in [7, 11) is 3.28. The lowest BCUT2D eigenvalue weighted by molar-refractivity contribution is 0.0991. The van der Waals surface area contributed by atoms with E-state index in [1.807, 2.05) is 30.3 Å². The van der Waals surface area contributed by atoms with Gasteiger partial charge in [-0.3, -0.25) is 4.79 Å². The Balaban J connectivity index is 1.96. The van der Waals surface area contributed by atoms with Gasteiger partial charge in [0.2, 0.25) is 5.75 Å². The highest BCUT2D eigenvalue weighted by Crippen LogP contribution is 2.40. The first kappa shape index (κ1) is 14.3. The van der Waals surface area contributed by atoms with Crippen molar-refractivity contribution in [2.45, 2.75) is 0 Å². The molecule has 1 heterocycles. The first-order valence-electron chi connectivity index (χ1n) is 7.01. The number of benzene rings is 2. The molecule has 0 atom stereocenters. The van der Waals surface area contributed by atoms with E-state index in [9.17, 15) is 4.79 Å². The second kappa shape index (κ2) is 5.97. The van der Waals surface area contributed by atoms with Gasteiger partial charge in [-0.05, 0) is 24.3 Å². The number of nitrogens with zero attached hydrogens (tertiary/aromatic N) is 1. The molecular weight excluding hydrogens is 282 g/mol. The molecule has 0 spiro atoms. The molecule has 5 heteroatoms. The van der Waals surface area contributed by atoms with Crippen molar-refractivity contribution in [2.75, 3.05) is 32.3 Å². The van der Waals surface area contributed by atoms with Crippen molar-refractivity contribution in [3.05, 3.63) is 48.0 Å². The molecule has 0 unspecified atom stereocenters. The number of carbonyl (C=O) groups excluding carboxylic acids is 1. The molecule has 0 fully saturated rings. The van der Waals surface area contributed by atoms with E-state index in [4.69, 9.17) is 14.2 Å². The van der Waals surface area contributed by atoms with E-state index in [-0.39, 0.29) is 5.91 Å². The molecule has 2 aromatic carbocycles. The van der Waals surface area contributed by atoms with Crippen molar-refractivity contribution < 1.29 is 19.0 Å². The van der Waals surface area contributed by atoms with E-state index in [2.05, 4.69) is 0 Å². The first-order valence-corrected chi connectivity index (χ1v) is 7.01. The smallest absolute Gasteiger partial charge is 0.258 e. The Labute approximate surface area is 129 Å². The summed E-state index contributed by atoms with van der Waals surface area (Å²) in [4.78, 5) is 14.3.